The van der Waals surface area contributed by atoms with Gasteiger partial charge in [0.2, 0.25) is 15.9 Å². The van der Waals surface area contributed by atoms with Crippen molar-refractivity contribution < 1.29 is 17.9 Å². The molecule has 3 aromatic rings. The third kappa shape index (κ3) is 4.84. The Morgan fingerprint density at radius 1 is 1.00 bits per heavy atom. The quantitative estimate of drug-likeness (QED) is 0.547. The molecule has 0 radical (unpaired) electrons. The zero-order chi connectivity index (χ0) is 22.6. The Labute approximate surface area is 188 Å². The molecule has 32 heavy (non-hydrogen) atoms. The van der Waals surface area contributed by atoms with E-state index in [4.69, 9.17) is 4.74 Å². The normalized spacial score (nSPS) is 15.0. The summed E-state index contributed by atoms with van der Waals surface area (Å²) in [4.78, 5) is 14.7. The number of benzene rings is 2. The minimum atomic E-state index is -3.60. The van der Waals surface area contributed by atoms with Crippen LogP contribution in [-0.2, 0) is 21.2 Å². The van der Waals surface area contributed by atoms with Crippen molar-refractivity contribution >= 4 is 15.9 Å². The van der Waals surface area contributed by atoms with Gasteiger partial charge in [-0.1, -0.05) is 18.2 Å². The second kappa shape index (κ2) is 9.54. The fraction of sp³-hybridized carbons (Fsp3) is 0.304. The van der Waals surface area contributed by atoms with E-state index in [2.05, 4.69) is 5.10 Å². The van der Waals surface area contributed by atoms with Crippen molar-refractivity contribution in [2.75, 3.05) is 32.8 Å². The molecule has 168 valence electrons. The van der Waals surface area contributed by atoms with E-state index in [1.54, 1.807) is 40.0 Å². The summed E-state index contributed by atoms with van der Waals surface area (Å²) >= 11 is 0. The van der Waals surface area contributed by atoms with E-state index >= 15 is 0 Å². The van der Waals surface area contributed by atoms with Crippen LogP contribution in [-0.4, -0.2) is 66.1 Å². The monoisotopic (exact) mass is 454 g/mol. The molecule has 2 heterocycles. The maximum atomic E-state index is 12.9. The van der Waals surface area contributed by atoms with Gasteiger partial charge in [0, 0.05) is 32.4 Å². The molecule has 1 saturated heterocycles. The maximum Gasteiger partial charge on any atom is 0.243 e. The van der Waals surface area contributed by atoms with Crippen LogP contribution in [0.4, 0.5) is 0 Å². The standard InChI is InChI=1S/C23H26N4O4S/c1-2-31-21-8-10-22(11-9-21)32(29,30)26-14-12-25(13-15-26)23(28)16-19-17-24-27(18-19)20-6-4-3-5-7-20/h3-11,17-18H,2,12-16H2,1H3. The topological polar surface area (TPSA) is 84.7 Å². The van der Waals surface area contributed by atoms with Crippen LogP contribution >= 0.6 is 0 Å². The van der Waals surface area contributed by atoms with Gasteiger partial charge in [-0.15, -0.1) is 0 Å². The molecule has 0 N–H and O–H groups in total. The highest BCUT2D eigenvalue weighted by molar-refractivity contribution is 7.89. The van der Waals surface area contributed by atoms with Crippen LogP contribution in [0.1, 0.15) is 12.5 Å². The molecule has 0 unspecified atom stereocenters. The highest BCUT2D eigenvalue weighted by Gasteiger charge is 2.30. The summed E-state index contributed by atoms with van der Waals surface area (Å²) in [6.07, 6.45) is 3.77. The second-order valence-corrected chi connectivity index (χ2v) is 9.43. The summed E-state index contributed by atoms with van der Waals surface area (Å²) in [6, 6.07) is 16.1. The van der Waals surface area contributed by atoms with Crippen LogP contribution in [0.5, 0.6) is 5.75 Å². The molecule has 0 saturated carbocycles. The van der Waals surface area contributed by atoms with Crippen molar-refractivity contribution in [3.05, 3.63) is 72.6 Å². The minimum absolute atomic E-state index is 0.0317. The number of sulfonamides is 1. The number of para-hydroxylation sites is 1. The van der Waals surface area contributed by atoms with Gasteiger partial charge < -0.3 is 9.64 Å². The fourth-order valence-electron chi connectivity index (χ4n) is 3.66. The van der Waals surface area contributed by atoms with Gasteiger partial charge in [-0.05, 0) is 48.9 Å². The van der Waals surface area contributed by atoms with Crippen LogP contribution in [0.25, 0.3) is 5.69 Å². The predicted molar refractivity (Wildman–Crippen MR) is 120 cm³/mol. The Morgan fingerprint density at radius 3 is 2.34 bits per heavy atom. The number of piperazine rings is 1. The van der Waals surface area contributed by atoms with E-state index in [0.717, 1.165) is 11.3 Å². The molecule has 9 heteroatoms. The van der Waals surface area contributed by atoms with Gasteiger partial charge in [0.15, 0.2) is 0 Å². The maximum absolute atomic E-state index is 12.9. The first-order valence-corrected chi connectivity index (χ1v) is 12.0. The molecule has 0 atom stereocenters. The van der Waals surface area contributed by atoms with Crippen molar-refractivity contribution in [3.8, 4) is 11.4 Å². The lowest BCUT2D eigenvalue weighted by molar-refractivity contribution is -0.131. The minimum Gasteiger partial charge on any atom is -0.494 e. The molecule has 1 amide bonds. The van der Waals surface area contributed by atoms with E-state index in [1.165, 1.54) is 4.31 Å². The van der Waals surface area contributed by atoms with Gasteiger partial charge in [0.25, 0.3) is 0 Å². The lowest BCUT2D eigenvalue weighted by Crippen LogP contribution is -2.50. The molecule has 1 aliphatic heterocycles. The molecule has 0 aliphatic carbocycles. The molecular weight excluding hydrogens is 428 g/mol. The van der Waals surface area contributed by atoms with Crippen LogP contribution in [0.2, 0.25) is 0 Å². The van der Waals surface area contributed by atoms with E-state index < -0.39 is 10.0 Å². The van der Waals surface area contributed by atoms with Gasteiger partial charge in [-0.3, -0.25) is 4.79 Å². The first-order chi connectivity index (χ1) is 15.5. The van der Waals surface area contributed by atoms with Crippen molar-refractivity contribution in [3.63, 3.8) is 0 Å². The van der Waals surface area contributed by atoms with E-state index in [9.17, 15) is 13.2 Å². The number of hydrogen-bond acceptors (Lipinski definition) is 5. The van der Waals surface area contributed by atoms with Crippen molar-refractivity contribution in [2.24, 2.45) is 0 Å². The molecular formula is C23H26N4O4S. The average Bonchev–Trinajstić information content (AvgIpc) is 3.29. The van der Waals surface area contributed by atoms with E-state index in [1.807, 2.05) is 43.5 Å². The third-order valence-corrected chi connectivity index (χ3v) is 7.29. The number of rotatable bonds is 7. The Balaban J connectivity index is 1.34. The summed E-state index contributed by atoms with van der Waals surface area (Å²) in [5.41, 5.74) is 1.75. The highest BCUT2D eigenvalue weighted by atomic mass is 32.2. The molecule has 1 aliphatic rings. The Hall–Kier alpha value is -3.17. The number of nitrogens with zero attached hydrogens (tertiary/aromatic N) is 4. The number of hydrogen-bond donors (Lipinski definition) is 0. The predicted octanol–water partition coefficient (Wildman–Crippen LogP) is 2.35. The number of ether oxygens (including phenoxy) is 1. The number of carbonyl (C=O) groups is 1. The zero-order valence-corrected chi connectivity index (χ0v) is 18.7. The van der Waals surface area contributed by atoms with E-state index in [0.29, 0.717) is 25.4 Å². The first kappa shape index (κ1) is 22.0. The van der Waals surface area contributed by atoms with Gasteiger partial charge in [-0.2, -0.15) is 9.40 Å². The van der Waals surface area contributed by atoms with Gasteiger partial charge >= 0.3 is 0 Å². The summed E-state index contributed by atoms with van der Waals surface area (Å²) in [5.74, 6) is 0.605. The summed E-state index contributed by atoms with van der Waals surface area (Å²) < 4.78 is 34.4. The zero-order valence-electron chi connectivity index (χ0n) is 17.9. The smallest absolute Gasteiger partial charge is 0.243 e. The van der Waals surface area contributed by atoms with Gasteiger partial charge in [0.1, 0.15) is 5.75 Å². The molecule has 0 spiro atoms. The van der Waals surface area contributed by atoms with Crippen molar-refractivity contribution in [1.82, 2.24) is 19.0 Å². The van der Waals surface area contributed by atoms with Crippen LogP contribution in [0, 0.1) is 0 Å². The third-order valence-electron chi connectivity index (χ3n) is 5.38. The average molecular weight is 455 g/mol. The first-order valence-electron chi connectivity index (χ1n) is 10.6. The number of aromatic nitrogens is 2. The van der Waals surface area contributed by atoms with E-state index in [-0.39, 0.29) is 30.3 Å². The van der Waals surface area contributed by atoms with Crippen molar-refractivity contribution in [1.29, 1.82) is 0 Å². The Bertz CT molecular complexity index is 1150. The lowest BCUT2D eigenvalue weighted by atomic mass is 10.2. The summed E-state index contributed by atoms with van der Waals surface area (Å²) in [7, 11) is -3.60. The number of carbonyl (C=O) groups excluding carboxylic acids is 1. The van der Waals surface area contributed by atoms with Crippen LogP contribution in [0.3, 0.4) is 0 Å². The highest BCUT2D eigenvalue weighted by Crippen LogP contribution is 2.21. The molecule has 1 fully saturated rings. The largest absolute Gasteiger partial charge is 0.494 e. The molecule has 1 aromatic heterocycles. The molecule has 2 aromatic carbocycles. The summed E-state index contributed by atoms with van der Waals surface area (Å²) in [5, 5.41) is 4.33. The van der Waals surface area contributed by atoms with Crippen LogP contribution < -0.4 is 4.74 Å². The Kier molecular flexibility index (Phi) is 6.57. The van der Waals surface area contributed by atoms with Gasteiger partial charge in [0.05, 0.1) is 29.8 Å². The fourth-order valence-corrected chi connectivity index (χ4v) is 5.08. The lowest BCUT2D eigenvalue weighted by Gasteiger charge is -2.34. The van der Waals surface area contributed by atoms with Crippen LogP contribution in [0.15, 0.2) is 71.9 Å². The SMILES string of the molecule is CCOc1ccc(S(=O)(=O)N2CCN(C(=O)Cc3cnn(-c4ccccc4)c3)CC2)cc1. The van der Waals surface area contributed by atoms with Gasteiger partial charge in [-0.25, -0.2) is 13.1 Å². The molecule has 4 rings (SSSR count). The Morgan fingerprint density at radius 2 is 1.69 bits per heavy atom. The second-order valence-electron chi connectivity index (χ2n) is 7.49. The molecule has 0 bridgehead atoms. The number of amides is 1. The van der Waals surface area contributed by atoms with Crippen molar-refractivity contribution in [2.45, 2.75) is 18.2 Å². The molecule has 8 nitrogen and oxygen atoms in total. The summed E-state index contributed by atoms with van der Waals surface area (Å²) in [6.45, 7) is 3.66.